The van der Waals surface area contributed by atoms with Gasteiger partial charge in [-0.3, -0.25) is 9.78 Å². The molecular formula is C26H21F3N4O2. The Morgan fingerprint density at radius 1 is 1.14 bits per heavy atom. The van der Waals surface area contributed by atoms with Gasteiger partial charge in [-0.25, -0.2) is 4.98 Å². The van der Waals surface area contributed by atoms with E-state index in [4.69, 9.17) is 10.5 Å². The summed E-state index contributed by atoms with van der Waals surface area (Å²) < 4.78 is 44.8. The molecule has 5 rings (SSSR count). The SMILES string of the molecule is Cc1cc2cc(C(=O)N(Cc3ccc(C(F)(F)F)cn3)[C@H]3COc4ccccc43)ccc2nc1N. The molecule has 0 aliphatic carbocycles. The number of benzene rings is 2. The van der Waals surface area contributed by atoms with Crippen molar-refractivity contribution in [2.45, 2.75) is 25.7 Å². The Balaban J connectivity index is 1.53. The first-order valence-corrected chi connectivity index (χ1v) is 10.9. The molecule has 1 aliphatic rings. The molecule has 0 fully saturated rings. The number of carbonyl (C=O) groups is 1. The summed E-state index contributed by atoms with van der Waals surface area (Å²) in [5, 5.41) is 0.762. The van der Waals surface area contributed by atoms with Crippen molar-refractivity contribution in [2.75, 3.05) is 12.3 Å². The van der Waals surface area contributed by atoms with Crippen molar-refractivity contribution < 1.29 is 22.7 Å². The van der Waals surface area contributed by atoms with E-state index in [0.717, 1.165) is 28.8 Å². The van der Waals surface area contributed by atoms with Gasteiger partial charge in [0.15, 0.2) is 0 Å². The topological polar surface area (TPSA) is 81.3 Å². The lowest BCUT2D eigenvalue weighted by molar-refractivity contribution is -0.137. The molecule has 1 aliphatic heterocycles. The van der Waals surface area contributed by atoms with E-state index >= 15 is 0 Å². The molecule has 178 valence electrons. The first-order valence-electron chi connectivity index (χ1n) is 10.9. The van der Waals surface area contributed by atoms with E-state index in [-0.39, 0.29) is 19.1 Å². The number of amides is 1. The van der Waals surface area contributed by atoms with Crippen LogP contribution in [-0.4, -0.2) is 27.4 Å². The number of hydrogen-bond acceptors (Lipinski definition) is 5. The zero-order valence-corrected chi connectivity index (χ0v) is 18.7. The first kappa shape index (κ1) is 22.6. The molecule has 3 heterocycles. The number of aryl methyl sites for hydroxylation is 1. The average Bonchev–Trinajstić information content (AvgIpc) is 3.26. The second kappa shape index (κ2) is 8.57. The van der Waals surface area contributed by atoms with Crippen molar-refractivity contribution in [1.82, 2.24) is 14.9 Å². The number of pyridine rings is 2. The van der Waals surface area contributed by atoms with Gasteiger partial charge in [0.25, 0.3) is 5.91 Å². The van der Waals surface area contributed by atoms with Crippen molar-refractivity contribution >= 4 is 22.6 Å². The summed E-state index contributed by atoms with van der Waals surface area (Å²) in [4.78, 5) is 23.7. The summed E-state index contributed by atoms with van der Waals surface area (Å²) in [6.45, 7) is 2.08. The highest BCUT2D eigenvalue weighted by molar-refractivity contribution is 5.98. The van der Waals surface area contributed by atoms with Gasteiger partial charge in [-0.2, -0.15) is 13.2 Å². The Kier molecular flexibility index (Phi) is 5.55. The largest absolute Gasteiger partial charge is 0.491 e. The van der Waals surface area contributed by atoms with Crippen molar-refractivity contribution in [3.05, 3.63) is 94.8 Å². The second-order valence-corrected chi connectivity index (χ2v) is 8.43. The predicted octanol–water partition coefficient (Wildman–Crippen LogP) is 5.32. The van der Waals surface area contributed by atoms with E-state index in [0.29, 0.717) is 28.3 Å². The minimum absolute atomic E-state index is 0.0103. The van der Waals surface area contributed by atoms with Gasteiger partial charge in [-0.1, -0.05) is 18.2 Å². The Bertz CT molecular complexity index is 1420. The van der Waals surface area contributed by atoms with Crippen LogP contribution in [0.5, 0.6) is 5.75 Å². The van der Waals surface area contributed by atoms with E-state index in [1.165, 1.54) is 6.07 Å². The fraction of sp³-hybridized carbons (Fsp3) is 0.192. The third-order valence-electron chi connectivity index (χ3n) is 6.09. The van der Waals surface area contributed by atoms with Crippen molar-refractivity contribution in [1.29, 1.82) is 0 Å². The molecule has 2 aromatic carbocycles. The number of halogens is 3. The van der Waals surface area contributed by atoms with Crippen LogP contribution < -0.4 is 10.5 Å². The van der Waals surface area contributed by atoms with Crippen LogP contribution in [0.3, 0.4) is 0 Å². The fourth-order valence-corrected chi connectivity index (χ4v) is 4.18. The molecular weight excluding hydrogens is 457 g/mol. The maximum absolute atomic E-state index is 13.8. The van der Waals surface area contributed by atoms with E-state index in [1.807, 2.05) is 37.3 Å². The van der Waals surface area contributed by atoms with Crippen molar-refractivity contribution in [3.63, 3.8) is 0 Å². The summed E-state index contributed by atoms with van der Waals surface area (Å²) in [5.74, 6) is 0.796. The normalized spacial score (nSPS) is 15.0. The maximum atomic E-state index is 13.8. The van der Waals surface area contributed by atoms with Crippen LogP contribution in [0, 0.1) is 6.92 Å². The third kappa shape index (κ3) is 4.37. The van der Waals surface area contributed by atoms with Gasteiger partial charge in [-0.15, -0.1) is 0 Å². The number of nitrogens with zero attached hydrogens (tertiary/aromatic N) is 3. The van der Waals surface area contributed by atoms with Gasteiger partial charge in [-0.05, 0) is 55.0 Å². The van der Waals surface area contributed by atoms with Crippen LogP contribution >= 0.6 is 0 Å². The Hall–Kier alpha value is -4.14. The number of alkyl halides is 3. The molecule has 4 aromatic rings. The van der Waals surface area contributed by atoms with Gasteiger partial charge in [0.05, 0.1) is 29.4 Å². The highest BCUT2D eigenvalue weighted by Crippen LogP contribution is 2.37. The van der Waals surface area contributed by atoms with Crippen molar-refractivity contribution in [2.24, 2.45) is 0 Å². The van der Waals surface area contributed by atoms with Gasteiger partial charge in [0, 0.05) is 22.7 Å². The first-order chi connectivity index (χ1) is 16.7. The van der Waals surface area contributed by atoms with Crippen LogP contribution in [-0.2, 0) is 12.7 Å². The van der Waals surface area contributed by atoms with Crippen LogP contribution in [0.15, 0.2) is 66.9 Å². The molecule has 0 radical (unpaired) electrons. The number of nitrogens with two attached hydrogens (primary N) is 1. The van der Waals surface area contributed by atoms with Gasteiger partial charge in [0.1, 0.15) is 18.2 Å². The molecule has 1 amide bonds. The number of carbonyl (C=O) groups excluding carboxylic acids is 1. The van der Waals surface area contributed by atoms with E-state index in [1.54, 1.807) is 23.1 Å². The maximum Gasteiger partial charge on any atom is 0.417 e. The Morgan fingerprint density at radius 3 is 2.69 bits per heavy atom. The summed E-state index contributed by atoms with van der Waals surface area (Å²) in [5.41, 5.74) is 8.11. The Labute approximate surface area is 199 Å². The lowest BCUT2D eigenvalue weighted by atomic mass is 10.0. The number of fused-ring (bicyclic) bond motifs is 2. The van der Waals surface area contributed by atoms with E-state index in [9.17, 15) is 18.0 Å². The number of aromatic nitrogens is 2. The monoisotopic (exact) mass is 478 g/mol. The zero-order valence-electron chi connectivity index (χ0n) is 18.7. The number of anilines is 1. The molecule has 2 aromatic heterocycles. The quantitative estimate of drug-likeness (QED) is 0.430. The predicted molar refractivity (Wildman–Crippen MR) is 125 cm³/mol. The molecule has 1 atom stereocenters. The average molecular weight is 478 g/mol. The smallest absolute Gasteiger partial charge is 0.417 e. The molecule has 35 heavy (non-hydrogen) atoms. The number of hydrogen-bond donors (Lipinski definition) is 1. The number of para-hydroxylation sites is 1. The van der Waals surface area contributed by atoms with E-state index < -0.39 is 17.8 Å². The molecule has 9 heteroatoms. The van der Waals surface area contributed by atoms with Crippen LogP contribution in [0.4, 0.5) is 19.0 Å². The van der Waals surface area contributed by atoms with Gasteiger partial charge < -0.3 is 15.4 Å². The number of rotatable bonds is 4. The summed E-state index contributed by atoms with van der Waals surface area (Å²) >= 11 is 0. The minimum Gasteiger partial charge on any atom is -0.491 e. The third-order valence-corrected chi connectivity index (χ3v) is 6.09. The lowest BCUT2D eigenvalue weighted by Gasteiger charge is -2.28. The van der Waals surface area contributed by atoms with Crippen LogP contribution in [0.25, 0.3) is 10.9 Å². The number of nitrogen functional groups attached to an aromatic ring is 1. The summed E-state index contributed by atoms with van der Waals surface area (Å²) in [6, 6.07) is 16.2. The molecule has 2 N–H and O–H groups in total. The summed E-state index contributed by atoms with van der Waals surface area (Å²) in [7, 11) is 0. The van der Waals surface area contributed by atoms with Gasteiger partial charge in [0.2, 0.25) is 0 Å². The standard InChI is InChI=1S/C26H21F3N4O2/c1-15-10-17-11-16(6-9-21(17)32-24(15)30)25(34)33(22-14-35-23-5-3-2-4-20(22)23)13-19-8-7-18(12-31-19)26(27,28)29/h2-12,22H,13-14H2,1H3,(H2,30,32)/t22-/m0/s1. The molecule has 0 spiro atoms. The van der Waals surface area contributed by atoms with Crippen LogP contribution in [0.1, 0.15) is 38.8 Å². The fourth-order valence-electron chi connectivity index (χ4n) is 4.18. The molecule has 0 saturated carbocycles. The molecule has 0 bridgehead atoms. The minimum atomic E-state index is -4.49. The second-order valence-electron chi connectivity index (χ2n) is 8.43. The highest BCUT2D eigenvalue weighted by Gasteiger charge is 2.34. The molecule has 0 unspecified atom stereocenters. The van der Waals surface area contributed by atoms with Crippen LogP contribution in [0.2, 0.25) is 0 Å². The molecule has 6 nitrogen and oxygen atoms in total. The Morgan fingerprint density at radius 2 is 1.94 bits per heavy atom. The number of ether oxygens (including phenoxy) is 1. The zero-order chi connectivity index (χ0) is 24.7. The lowest BCUT2D eigenvalue weighted by Crippen LogP contribution is -2.35. The molecule has 0 saturated heterocycles. The van der Waals surface area contributed by atoms with Crippen molar-refractivity contribution in [3.8, 4) is 5.75 Å². The highest BCUT2D eigenvalue weighted by atomic mass is 19.4. The van der Waals surface area contributed by atoms with E-state index in [2.05, 4.69) is 9.97 Å². The summed E-state index contributed by atoms with van der Waals surface area (Å²) in [6.07, 6.45) is -3.70. The van der Waals surface area contributed by atoms with Gasteiger partial charge >= 0.3 is 6.18 Å².